The molecule has 0 saturated heterocycles. The zero-order chi connectivity index (χ0) is 12.1. The van der Waals surface area contributed by atoms with Gasteiger partial charge in [0.05, 0.1) is 0 Å². The predicted molar refractivity (Wildman–Crippen MR) is 66.1 cm³/mol. The van der Waals surface area contributed by atoms with Crippen molar-refractivity contribution < 1.29 is 22.4 Å². The smallest absolute Gasteiger partial charge is 0.680 e. The molecule has 0 aliphatic carbocycles. The molecule has 0 aromatic carbocycles. The first-order chi connectivity index (χ1) is 6.24. The molecule has 0 radical (unpaired) electrons. The molecule has 0 amide bonds. The molecule has 0 aromatic heterocycles. The second-order valence-corrected chi connectivity index (χ2v) is 1.34. The molecule has 0 aromatic rings. The first-order valence-corrected chi connectivity index (χ1v) is 3.68. The van der Waals surface area contributed by atoms with Crippen LogP contribution >= 0.6 is 0 Å². The van der Waals surface area contributed by atoms with Crippen molar-refractivity contribution >= 4 is 0 Å². The SMILES string of the molecule is C[N-]C.C[N-]C.C[N-]C.C[NH-].C[NH-].[Ta+5]. The standard InChI is InChI=1S/3C2H6N.2CH4N.Ta/c3*1-3-2;2*1-2;/h3*1-2H3;2*2H,1H3;/q5*-1;+5. The summed E-state index contributed by atoms with van der Waals surface area (Å²) in [7, 11) is 13.0. The minimum absolute atomic E-state index is 0. The summed E-state index contributed by atoms with van der Waals surface area (Å²) < 4.78 is 0. The van der Waals surface area contributed by atoms with Gasteiger partial charge >= 0.3 is 22.4 Å². The van der Waals surface area contributed by atoms with Crippen LogP contribution in [0.4, 0.5) is 0 Å². The Balaban J connectivity index is -0.0000000142. The van der Waals surface area contributed by atoms with E-state index >= 15 is 0 Å². The van der Waals surface area contributed by atoms with E-state index in [1.54, 1.807) is 42.3 Å². The van der Waals surface area contributed by atoms with E-state index in [-0.39, 0.29) is 22.4 Å². The van der Waals surface area contributed by atoms with Crippen molar-refractivity contribution in [1.82, 2.24) is 0 Å². The van der Waals surface area contributed by atoms with E-state index in [9.17, 15) is 0 Å². The summed E-state index contributed by atoms with van der Waals surface area (Å²) >= 11 is 0. The Bertz CT molecular complexity index is 22.4. The normalized spacial score (nSPS) is 4.71. The van der Waals surface area contributed by atoms with Gasteiger partial charge in [0, 0.05) is 0 Å². The molecular formula is C8H26N5Ta. The number of nitrogens with zero attached hydrogens (tertiary/aromatic N) is 3. The van der Waals surface area contributed by atoms with Gasteiger partial charge in [-0.05, 0) is 0 Å². The monoisotopic (exact) mass is 373 g/mol. The Morgan fingerprint density at radius 2 is 0.500 bits per heavy atom. The third-order valence-electron chi connectivity index (χ3n) is 0. The van der Waals surface area contributed by atoms with Gasteiger partial charge in [-0.25, -0.2) is 0 Å². The van der Waals surface area contributed by atoms with E-state index in [1.807, 2.05) is 0 Å². The van der Waals surface area contributed by atoms with Crippen LogP contribution in [0, 0.1) is 0 Å². The topological polar surface area (TPSA) is 89.9 Å². The number of hydrogen-bond donors (Lipinski definition) is 0. The van der Waals surface area contributed by atoms with Crippen molar-refractivity contribution in [3.8, 4) is 0 Å². The second-order valence-electron chi connectivity index (χ2n) is 1.34. The predicted octanol–water partition coefficient (Wildman–Crippen LogP) is 3.19. The Hall–Kier alpha value is 0.540. The molecule has 0 aliphatic rings. The Labute approximate surface area is 106 Å². The van der Waals surface area contributed by atoms with Gasteiger partial charge in [0.2, 0.25) is 0 Å². The molecule has 0 unspecified atom stereocenters. The van der Waals surface area contributed by atoms with Crippen molar-refractivity contribution in [3.63, 3.8) is 0 Å². The summed E-state index contributed by atoms with van der Waals surface area (Å²) in [6, 6.07) is 0. The largest absolute Gasteiger partial charge is 5.00 e. The third kappa shape index (κ3) is 5720. The maximum absolute atomic E-state index is 5.75. The molecule has 0 aliphatic heterocycles. The first-order valence-electron chi connectivity index (χ1n) is 3.68. The first kappa shape index (κ1) is 36.5. The summed E-state index contributed by atoms with van der Waals surface area (Å²) in [6.45, 7) is 0. The van der Waals surface area contributed by atoms with Gasteiger partial charge in [0.15, 0.2) is 0 Å². The van der Waals surface area contributed by atoms with Gasteiger partial charge in [0.25, 0.3) is 0 Å². The van der Waals surface area contributed by atoms with Crippen LogP contribution < -0.4 is 0 Å². The van der Waals surface area contributed by atoms with Crippen molar-refractivity contribution in [2.45, 2.75) is 0 Å². The van der Waals surface area contributed by atoms with Crippen LogP contribution in [0.2, 0.25) is 0 Å². The Kier molecular flexibility index (Phi) is 444. The molecule has 14 heavy (non-hydrogen) atoms. The molecule has 0 fully saturated rings. The quantitative estimate of drug-likeness (QED) is 0.624. The molecule has 0 saturated carbocycles. The van der Waals surface area contributed by atoms with E-state index in [0.29, 0.717) is 0 Å². The molecule has 0 bridgehead atoms. The van der Waals surface area contributed by atoms with Gasteiger partial charge < -0.3 is 27.4 Å². The van der Waals surface area contributed by atoms with E-state index < -0.39 is 0 Å². The van der Waals surface area contributed by atoms with Crippen molar-refractivity contribution in [2.75, 3.05) is 56.4 Å². The summed E-state index contributed by atoms with van der Waals surface area (Å²) in [5.74, 6) is 0. The summed E-state index contributed by atoms with van der Waals surface area (Å²) in [5.41, 5.74) is 11.5. The van der Waals surface area contributed by atoms with Gasteiger partial charge in [-0.15, -0.1) is 0 Å². The second kappa shape index (κ2) is 170. The number of nitrogens with one attached hydrogen (secondary N) is 2. The average molecular weight is 373 g/mol. The van der Waals surface area contributed by atoms with Crippen LogP contribution in [0.3, 0.4) is 0 Å². The van der Waals surface area contributed by atoms with Gasteiger partial charge in [-0.1, -0.05) is 0 Å². The van der Waals surface area contributed by atoms with E-state index in [0.717, 1.165) is 0 Å². The number of rotatable bonds is 0. The Morgan fingerprint density at radius 3 is 0.500 bits per heavy atom. The maximum Gasteiger partial charge on any atom is 5.00 e. The fourth-order valence-corrected chi connectivity index (χ4v) is 0. The molecular weight excluding hydrogens is 347 g/mol. The average Bonchev–Trinajstić information content (AvgIpc) is 2.14. The van der Waals surface area contributed by atoms with Crippen molar-refractivity contribution in [1.29, 1.82) is 0 Å². The van der Waals surface area contributed by atoms with Gasteiger partial charge in [-0.2, -0.15) is 56.4 Å². The zero-order valence-electron chi connectivity index (χ0n) is 10.8. The Morgan fingerprint density at radius 1 is 0.500 bits per heavy atom. The van der Waals surface area contributed by atoms with Crippen LogP contribution in [0.1, 0.15) is 0 Å². The molecule has 0 spiro atoms. The van der Waals surface area contributed by atoms with Crippen molar-refractivity contribution in [3.05, 3.63) is 27.4 Å². The zero-order valence-corrected chi connectivity index (χ0v) is 14.0. The molecule has 0 heterocycles. The molecule has 2 N–H and O–H groups in total. The molecule has 88 valence electrons. The summed E-state index contributed by atoms with van der Waals surface area (Å²) in [4.78, 5) is 0. The minimum atomic E-state index is 0. The van der Waals surface area contributed by atoms with Gasteiger partial charge in [0.1, 0.15) is 0 Å². The van der Waals surface area contributed by atoms with Crippen LogP contribution in [0.5, 0.6) is 0 Å². The minimum Gasteiger partial charge on any atom is -0.680 e. The van der Waals surface area contributed by atoms with Crippen LogP contribution in [-0.2, 0) is 22.4 Å². The van der Waals surface area contributed by atoms with Crippen molar-refractivity contribution in [2.24, 2.45) is 0 Å². The summed E-state index contributed by atoms with van der Waals surface area (Å²) in [5, 5.41) is 10.5. The van der Waals surface area contributed by atoms with Gasteiger partial charge in [-0.3, -0.25) is 0 Å². The number of hydrogen-bond acceptors (Lipinski definition) is 0. The third-order valence-corrected chi connectivity index (χ3v) is 0. The van der Waals surface area contributed by atoms with E-state index in [2.05, 4.69) is 16.0 Å². The fourth-order valence-electron chi connectivity index (χ4n) is 0. The molecule has 5 nitrogen and oxygen atoms in total. The van der Waals surface area contributed by atoms with E-state index in [4.69, 9.17) is 11.5 Å². The van der Waals surface area contributed by atoms with Crippen LogP contribution in [-0.4, -0.2) is 56.4 Å². The maximum atomic E-state index is 5.75. The van der Waals surface area contributed by atoms with Crippen LogP contribution in [0.15, 0.2) is 0 Å². The molecule has 0 rings (SSSR count). The van der Waals surface area contributed by atoms with Crippen LogP contribution in [0.25, 0.3) is 27.4 Å². The molecule has 6 heteroatoms. The fraction of sp³-hybridized carbons (Fsp3) is 1.00. The van der Waals surface area contributed by atoms with E-state index in [1.165, 1.54) is 14.1 Å². The molecule has 0 atom stereocenters. The summed E-state index contributed by atoms with van der Waals surface area (Å²) in [6.07, 6.45) is 0.